The van der Waals surface area contributed by atoms with E-state index < -0.39 is 17.8 Å². The molecule has 0 aliphatic carbocycles. The summed E-state index contributed by atoms with van der Waals surface area (Å²) in [6, 6.07) is 15.1. The first-order valence-corrected chi connectivity index (χ1v) is 13.6. The lowest BCUT2D eigenvalue weighted by Gasteiger charge is -2.29. The van der Waals surface area contributed by atoms with Crippen LogP contribution >= 0.6 is 11.3 Å². The molecule has 0 saturated heterocycles. The van der Waals surface area contributed by atoms with Crippen molar-refractivity contribution >= 4 is 23.5 Å². The standard InChI is InChI=1S/C29H37N3O6S/c1-29(2,3)38-28(34)32(19-23-9-13-25(36-5)14-10-23)16-6-15-31(18-22-7-11-24(35-4)12-8-22)27(33)37-20-26-17-30-21-39-26/h7-14,17,21H,6,15-16,18-20H2,1-5H3. The van der Waals surface area contributed by atoms with Crippen molar-refractivity contribution in [1.82, 2.24) is 14.8 Å². The number of aromatic nitrogens is 1. The summed E-state index contributed by atoms with van der Waals surface area (Å²) in [5.41, 5.74) is 2.95. The molecule has 39 heavy (non-hydrogen) atoms. The second kappa shape index (κ2) is 14.4. The molecule has 0 saturated carbocycles. The minimum atomic E-state index is -0.629. The lowest BCUT2D eigenvalue weighted by Crippen LogP contribution is -2.39. The number of hydrogen-bond acceptors (Lipinski definition) is 8. The van der Waals surface area contributed by atoms with Gasteiger partial charge in [0.05, 0.1) is 24.6 Å². The predicted molar refractivity (Wildman–Crippen MR) is 150 cm³/mol. The molecule has 2 aromatic carbocycles. The average Bonchev–Trinajstić information content (AvgIpc) is 3.44. The number of ether oxygens (including phenoxy) is 4. The van der Waals surface area contributed by atoms with Gasteiger partial charge in [-0.25, -0.2) is 9.59 Å². The number of carbonyl (C=O) groups excluding carboxylic acids is 2. The summed E-state index contributed by atoms with van der Waals surface area (Å²) in [4.78, 5) is 34.3. The smallest absolute Gasteiger partial charge is 0.410 e. The van der Waals surface area contributed by atoms with Crippen LogP contribution in [0.15, 0.2) is 60.2 Å². The van der Waals surface area contributed by atoms with Gasteiger partial charge in [0.15, 0.2) is 0 Å². The fraction of sp³-hybridized carbons (Fsp3) is 0.414. The van der Waals surface area contributed by atoms with Gasteiger partial charge in [0, 0.05) is 32.4 Å². The van der Waals surface area contributed by atoms with Crippen LogP contribution in [0.3, 0.4) is 0 Å². The second-order valence-corrected chi connectivity index (χ2v) is 10.9. The Balaban J connectivity index is 1.69. The van der Waals surface area contributed by atoms with E-state index in [0.29, 0.717) is 32.6 Å². The van der Waals surface area contributed by atoms with Crippen molar-refractivity contribution in [3.63, 3.8) is 0 Å². The third-order valence-electron chi connectivity index (χ3n) is 5.65. The largest absolute Gasteiger partial charge is 0.497 e. The molecule has 0 bridgehead atoms. The number of carbonyl (C=O) groups is 2. The van der Waals surface area contributed by atoms with Gasteiger partial charge in [0.1, 0.15) is 23.7 Å². The molecule has 2 amide bonds. The summed E-state index contributed by atoms with van der Waals surface area (Å²) in [5.74, 6) is 1.48. The first-order valence-electron chi connectivity index (χ1n) is 12.7. The maximum Gasteiger partial charge on any atom is 0.410 e. The highest BCUT2D eigenvalue weighted by atomic mass is 32.1. The third kappa shape index (κ3) is 10.1. The Morgan fingerprint density at radius 3 is 1.77 bits per heavy atom. The Morgan fingerprint density at radius 2 is 1.33 bits per heavy atom. The minimum absolute atomic E-state index is 0.157. The molecular formula is C29H37N3O6S. The Hall–Kier alpha value is -3.79. The molecule has 0 aliphatic rings. The molecule has 0 aliphatic heterocycles. The molecule has 210 valence electrons. The van der Waals surface area contributed by atoms with Crippen LogP contribution in [0, 0.1) is 0 Å². The van der Waals surface area contributed by atoms with Crippen LogP contribution in [-0.4, -0.2) is 59.9 Å². The van der Waals surface area contributed by atoms with Crippen LogP contribution in [0.25, 0.3) is 0 Å². The Morgan fingerprint density at radius 1 is 0.821 bits per heavy atom. The summed E-state index contributed by atoms with van der Waals surface area (Å²) >= 11 is 1.43. The van der Waals surface area contributed by atoms with E-state index in [1.165, 1.54) is 11.3 Å². The predicted octanol–water partition coefficient (Wildman–Crippen LogP) is 6.13. The molecule has 0 unspecified atom stereocenters. The molecule has 0 spiro atoms. The molecule has 0 N–H and O–H groups in total. The van der Waals surface area contributed by atoms with Crippen molar-refractivity contribution in [2.24, 2.45) is 0 Å². The second-order valence-electron chi connectivity index (χ2n) is 9.90. The molecule has 1 aromatic heterocycles. The number of benzene rings is 2. The van der Waals surface area contributed by atoms with Crippen molar-refractivity contribution < 1.29 is 28.5 Å². The van der Waals surface area contributed by atoms with Crippen LogP contribution in [0.1, 0.15) is 43.2 Å². The molecule has 0 atom stereocenters. The number of nitrogens with zero attached hydrogens (tertiary/aromatic N) is 3. The molecule has 0 radical (unpaired) electrons. The van der Waals surface area contributed by atoms with Gasteiger partial charge in [-0.15, -0.1) is 11.3 Å². The maximum atomic E-state index is 13.1. The Bertz CT molecular complexity index is 1160. The molecule has 3 aromatic rings. The minimum Gasteiger partial charge on any atom is -0.497 e. The van der Waals surface area contributed by atoms with Crippen molar-refractivity contribution in [2.75, 3.05) is 27.3 Å². The summed E-state index contributed by atoms with van der Waals surface area (Å²) in [5, 5.41) is 0. The average molecular weight is 556 g/mol. The highest BCUT2D eigenvalue weighted by Gasteiger charge is 2.23. The van der Waals surface area contributed by atoms with E-state index in [1.807, 2.05) is 69.3 Å². The van der Waals surface area contributed by atoms with Crippen molar-refractivity contribution in [2.45, 2.75) is 52.5 Å². The van der Waals surface area contributed by atoms with E-state index in [-0.39, 0.29) is 6.61 Å². The van der Waals surface area contributed by atoms with Crippen LogP contribution in [0.4, 0.5) is 9.59 Å². The summed E-state index contributed by atoms with van der Waals surface area (Å²) in [6.45, 7) is 7.18. The van der Waals surface area contributed by atoms with Crippen LogP contribution < -0.4 is 9.47 Å². The van der Waals surface area contributed by atoms with Gasteiger partial charge in [0.25, 0.3) is 0 Å². The lowest BCUT2D eigenvalue weighted by atomic mass is 10.2. The molecule has 3 rings (SSSR count). The number of thiazole rings is 1. The monoisotopic (exact) mass is 555 g/mol. The maximum absolute atomic E-state index is 13.1. The van der Waals surface area contributed by atoms with E-state index in [0.717, 1.165) is 27.5 Å². The van der Waals surface area contributed by atoms with Gasteiger partial charge in [-0.05, 0) is 62.6 Å². The summed E-state index contributed by atoms with van der Waals surface area (Å²) in [7, 11) is 3.22. The molecule has 10 heteroatoms. The quantitative estimate of drug-likeness (QED) is 0.266. The fourth-order valence-electron chi connectivity index (χ4n) is 3.69. The van der Waals surface area contributed by atoms with Gasteiger partial charge in [-0.2, -0.15) is 0 Å². The van der Waals surface area contributed by atoms with Crippen molar-refractivity contribution in [3.05, 3.63) is 76.2 Å². The van der Waals surface area contributed by atoms with E-state index >= 15 is 0 Å². The summed E-state index contributed by atoms with van der Waals surface area (Å²) < 4.78 is 21.7. The zero-order chi connectivity index (χ0) is 28.3. The Kier molecular flexibility index (Phi) is 11.0. The van der Waals surface area contributed by atoms with Crippen LogP contribution in [0.2, 0.25) is 0 Å². The van der Waals surface area contributed by atoms with Gasteiger partial charge in [-0.3, -0.25) is 4.98 Å². The van der Waals surface area contributed by atoms with E-state index in [9.17, 15) is 9.59 Å². The molecule has 9 nitrogen and oxygen atoms in total. The van der Waals surface area contributed by atoms with Crippen molar-refractivity contribution in [1.29, 1.82) is 0 Å². The van der Waals surface area contributed by atoms with E-state index in [1.54, 1.807) is 35.7 Å². The normalized spacial score (nSPS) is 11.0. The first kappa shape index (κ1) is 29.8. The topological polar surface area (TPSA) is 90.4 Å². The number of methoxy groups -OCH3 is 2. The highest BCUT2D eigenvalue weighted by Crippen LogP contribution is 2.18. The fourth-order valence-corrected chi connectivity index (χ4v) is 4.19. The van der Waals surface area contributed by atoms with Gasteiger partial charge < -0.3 is 28.7 Å². The van der Waals surface area contributed by atoms with Crippen molar-refractivity contribution in [3.8, 4) is 11.5 Å². The first-order chi connectivity index (χ1) is 18.7. The van der Waals surface area contributed by atoms with Gasteiger partial charge >= 0.3 is 12.2 Å². The van der Waals surface area contributed by atoms with Gasteiger partial charge in [-0.1, -0.05) is 24.3 Å². The van der Waals surface area contributed by atoms with Gasteiger partial charge in [0.2, 0.25) is 0 Å². The van der Waals surface area contributed by atoms with E-state index in [4.69, 9.17) is 18.9 Å². The van der Waals surface area contributed by atoms with Crippen LogP contribution in [0.5, 0.6) is 11.5 Å². The molecule has 1 heterocycles. The SMILES string of the molecule is COc1ccc(CN(CCCN(Cc2ccc(OC)cc2)C(=O)OC(C)(C)C)C(=O)OCc2cncs2)cc1. The number of amides is 2. The molecular weight excluding hydrogens is 518 g/mol. The Labute approximate surface area is 234 Å². The molecule has 0 fully saturated rings. The summed E-state index contributed by atoms with van der Waals surface area (Å²) in [6.07, 6.45) is 1.37. The number of rotatable bonds is 12. The number of hydrogen-bond donors (Lipinski definition) is 0. The third-order valence-corrected chi connectivity index (χ3v) is 6.41. The van der Waals surface area contributed by atoms with Crippen LogP contribution in [-0.2, 0) is 29.2 Å². The zero-order valence-corrected chi connectivity index (χ0v) is 24.0. The lowest BCUT2D eigenvalue weighted by molar-refractivity contribution is 0.0225. The van der Waals surface area contributed by atoms with E-state index in [2.05, 4.69) is 4.98 Å². The zero-order valence-electron chi connectivity index (χ0n) is 23.2. The highest BCUT2D eigenvalue weighted by molar-refractivity contribution is 7.09.